The zero-order chi connectivity index (χ0) is 9.78. The first kappa shape index (κ1) is 11.1. The van der Waals surface area contributed by atoms with E-state index in [4.69, 9.17) is 10.3 Å². The van der Waals surface area contributed by atoms with Crippen LogP contribution in [-0.4, -0.2) is 24.6 Å². The Balaban J connectivity index is 4.07. The summed E-state index contributed by atoms with van der Waals surface area (Å²) in [6, 6.07) is 0. The van der Waals surface area contributed by atoms with Crippen molar-refractivity contribution in [1.29, 1.82) is 0 Å². The topological polar surface area (TPSA) is 97.5 Å². The molecular weight excluding hydrogens is 182 g/mol. The molecule has 1 unspecified atom stereocenters. The van der Waals surface area contributed by atoms with Crippen molar-refractivity contribution in [1.82, 2.24) is 0 Å². The second-order valence-electron chi connectivity index (χ2n) is 2.32. The number of nitrogens with two attached hydrogens (primary N) is 1. The normalized spacial score (nSPS) is 13.8. The predicted octanol–water partition coefficient (Wildman–Crippen LogP) is -0.448. The summed E-state index contributed by atoms with van der Waals surface area (Å²) < 4.78 is 28.8. The van der Waals surface area contributed by atoms with Crippen LogP contribution < -0.4 is 5.73 Å². The lowest BCUT2D eigenvalue weighted by molar-refractivity contribution is -0.120. The van der Waals surface area contributed by atoms with E-state index in [1.54, 1.807) is 0 Å². The summed E-state index contributed by atoms with van der Waals surface area (Å²) >= 11 is 0. The molecule has 12 heavy (non-hydrogen) atoms. The molecule has 0 aliphatic rings. The van der Waals surface area contributed by atoms with Crippen LogP contribution >= 0.6 is 0 Å². The summed E-state index contributed by atoms with van der Waals surface area (Å²) in [6.45, 7) is 3.31. The molecule has 3 N–H and O–H groups in total. The predicted molar refractivity (Wildman–Crippen MR) is 43.9 cm³/mol. The molecule has 0 saturated heterocycles. The third kappa shape index (κ3) is 4.86. The Hall–Kier alpha value is -0.880. The van der Waals surface area contributed by atoms with Crippen molar-refractivity contribution in [2.24, 2.45) is 11.7 Å². The molecule has 0 aromatic carbocycles. The van der Waals surface area contributed by atoms with Crippen LogP contribution in [0.3, 0.4) is 0 Å². The molecule has 0 aromatic heterocycles. The zero-order valence-electron chi connectivity index (χ0n) is 6.43. The molecule has 0 bridgehead atoms. The minimum atomic E-state index is -4.02. The molecular formula is C6H11NO4S. The van der Waals surface area contributed by atoms with E-state index in [1.807, 2.05) is 0 Å². The SMILES string of the molecule is C=CC(CCS(=O)(=O)O)C(N)=O. The van der Waals surface area contributed by atoms with Crippen molar-refractivity contribution in [3.8, 4) is 0 Å². The van der Waals surface area contributed by atoms with Crippen LogP contribution in [0.15, 0.2) is 12.7 Å². The number of hydrogen-bond donors (Lipinski definition) is 2. The molecule has 1 amide bonds. The van der Waals surface area contributed by atoms with Gasteiger partial charge in [-0.05, 0) is 6.42 Å². The smallest absolute Gasteiger partial charge is 0.264 e. The van der Waals surface area contributed by atoms with Crippen LogP contribution in [-0.2, 0) is 14.9 Å². The van der Waals surface area contributed by atoms with Crippen LogP contribution in [0.5, 0.6) is 0 Å². The van der Waals surface area contributed by atoms with Crippen LogP contribution in [0.25, 0.3) is 0 Å². The van der Waals surface area contributed by atoms with E-state index in [-0.39, 0.29) is 6.42 Å². The first-order chi connectivity index (χ1) is 5.37. The lowest BCUT2D eigenvalue weighted by atomic mass is 10.1. The van der Waals surface area contributed by atoms with Crippen molar-refractivity contribution in [3.63, 3.8) is 0 Å². The number of amides is 1. The van der Waals surface area contributed by atoms with Gasteiger partial charge in [0.05, 0.1) is 11.7 Å². The fourth-order valence-corrected chi connectivity index (χ4v) is 1.20. The molecule has 0 aromatic rings. The molecule has 6 heteroatoms. The monoisotopic (exact) mass is 193 g/mol. The van der Waals surface area contributed by atoms with Crippen LogP contribution in [0, 0.1) is 5.92 Å². The highest BCUT2D eigenvalue weighted by molar-refractivity contribution is 7.85. The van der Waals surface area contributed by atoms with Crippen molar-refractivity contribution in [2.45, 2.75) is 6.42 Å². The quantitative estimate of drug-likeness (QED) is 0.456. The summed E-state index contributed by atoms with van der Waals surface area (Å²) in [6.07, 6.45) is 1.23. The molecule has 0 radical (unpaired) electrons. The standard InChI is InChI=1S/C6H11NO4S/c1-2-5(6(7)8)3-4-12(9,10)11/h2,5H,1,3-4H2,(H2,7,8)(H,9,10,11). The van der Waals surface area contributed by atoms with Gasteiger partial charge in [0.1, 0.15) is 0 Å². The largest absolute Gasteiger partial charge is 0.369 e. The average Bonchev–Trinajstić information content (AvgIpc) is 1.85. The number of carbonyl (C=O) groups is 1. The van der Waals surface area contributed by atoms with Crippen LogP contribution in [0.2, 0.25) is 0 Å². The van der Waals surface area contributed by atoms with Gasteiger partial charge in [0.25, 0.3) is 10.1 Å². The molecule has 1 atom stereocenters. The fourth-order valence-electron chi connectivity index (χ4n) is 0.652. The van der Waals surface area contributed by atoms with Gasteiger partial charge < -0.3 is 5.73 Å². The van der Waals surface area contributed by atoms with Gasteiger partial charge in [0.15, 0.2) is 0 Å². The molecule has 0 rings (SSSR count). The first-order valence-electron chi connectivity index (χ1n) is 3.24. The Labute approximate surface area is 71.0 Å². The summed E-state index contributed by atoms with van der Waals surface area (Å²) in [4.78, 5) is 10.5. The lowest BCUT2D eigenvalue weighted by Crippen LogP contribution is -2.23. The van der Waals surface area contributed by atoms with E-state index in [0.717, 1.165) is 0 Å². The van der Waals surface area contributed by atoms with Crippen LogP contribution in [0.4, 0.5) is 0 Å². The highest BCUT2D eigenvalue weighted by Crippen LogP contribution is 2.04. The van der Waals surface area contributed by atoms with Crippen molar-refractivity contribution >= 4 is 16.0 Å². The van der Waals surface area contributed by atoms with Gasteiger partial charge in [-0.25, -0.2) is 0 Å². The Bertz CT molecular complexity index is 269. The van der Waals surface area contributed by atoms with Crippen molar-refractivity contribution in [2.75, 3.05) is 5.75 Å². The summed E-state index contributed by atoms with van der Waals surface area (Å²) in [5.74, 6) is -1.83. The average molecular weight is 193 g/mol. The van der Waals surface area contributed by atoms with Crippen molar-refractivity contribution in [3.05, 3.63) is 12.7 Å². The molecule has 0 fully saturated rings. The maximum Gasteiger partial charge on any atom is 0.264 e. The maximum atomic E-state index is 10.5. The first-order valence-corrected chi connectivity index (χ1v) is 4.85. The Morgan fingerprint density at radius 3 is 2.42 bits per heavy atom. The van der Waals surface area contributed by atoms with Gasteiger partial charge in [-0.3, -0.25) is 9.35 Å². The maximum absolute atomic E-state index is 10.5. The molecule has 70 valence electrons. The van der Waals surface area contributed by atoms with E-state index >= 15 is 0 Å². The Morgan fingerprint density at radius 1 is 1.67 bits per heavy atom. The minimum absolute atomic E-state index is 0.0301. The Kier molecular flexibility index (Phi) is 3.91. The highest BCUT2D eigenvalue weighted by Gasteiger charge is 2.14. The van der Waals surface area contributed by atoms with E-state index in [0.29, 0.717) is 0 Å². The molecule has 0 aliphatic heterocycles. The van der Waals surface area contributed by atoms with E-state index in [1.165, 1.54) is 6.08 Å². The molecule has 0 aliphatic carbocycles. The number of rotatable bonds is 5. The van der Waals surface area contributed by atoms with E-state index in [2.05, 4.69) is 6.58 Å². The summed E-state index contributed by atoms with van der Waals surface area (Å²) in [5, 5.41) is 0. The van der Waals surface area contributed by atoms with Gasteiger partial charge in [-0.2, -0.15) is 8.42 Å². The number of hydrogen-bond acceptors (Lipinski definition) is 3. The van der Waals surface area contributed by atoms with E-state index < -0.39 is 27.7 Å². The summed E-state index contributed by atoms with van der Waals surface area (Å²) in [7, 11) is -4.02. The Morgan fingerprint density at radius 2 is 2.17 bits per heavy atom. The molecule has 0 saturated carbocycles. The second kappa shape index (κ2) is 4.22. The second-order valence-corrected chi connectivity index (χ2v) is 3.89. The van der Waals surface area contributed by atoms with Gasteiger partial charge in [0, 0.05) is 0 Å². The molecule has 0 heterocycles. The van der Waals surface area contributed by atoms with Gasteiger partial charge in [0.2, 0.25) is 5.91 Å². The van der Waals surface area contributed by atoms with Crippen LogP contribution in [0.1, 0.15) is 6.42 Å². The minimum Gasteiger partial charge on any atom is -0.369 e. The van der Waals surface area contributed by atoms with E-state index in [9.17, 15) is 13.2 Å². The fraction of sp³-hybridized carbons (Fsp3) is 0.500. The molecule has 0 spiro atoms. The highest BCUT2D eigenvalue weighted by atomic mass is 32.2. The molecule has 5 nitrogen and oxygen atoms in total. The number of primary amides is 1. The lowest BCUT2D eigenvalue weighted by Gasteiger charge is -2.05. The third-order valence-corrected chi connectivity index (χ3v) is 2.09. The van der Waals surface area contributed by atoms with Gasteiger partial charge >= 0.3 is 0 Å². The summed E-state index contributed by atoms with van der Waals surface area (Å²) in [5.41, 5.74) is 4.89. The number of carbonyl (C=O) groups excluding carboxylic acids is 1. The van der Waals surface area contributed by atoms with Crippen molar-refractivity contribution < 1.29 is 17.8 Å². The third-order valence-electron chi connectivity index (χ3n) is 1.34. The van der Waals surface area contributed by atoms with Gasteiger partial charge in [-0.15, -0.1) is 6.58 Å². The zero-order valence-corrected chi connectivity index (χ0v) is 7.25. The van der Waals surface area contributed by atoms with Gasteiger partial charge in [-0.1, -0.05) is 6.08 Å².